The Hall–Kier alpha value is -2.28. The summed E-state index contributed by atoms with van der Waals surface area (Å²) in [5.41, 5.74) is 0. The monoisotopic (exact) mass is 297 g/mol. The van der Waals surface area contributed by atoms with Crippen molar-refractivity contribution in [2.45, 2.75) is 13.0 Å². The number of benzene rings is 1. The summed E-state index contributed by atoms with van der Waals surface area (Å²) in [7, 11) is 1.57. The van der Waals surface area contributed by atoms with Crippen LogP contribution in [-0.4, -0.2) is 50.0 Å². The molecule has 1 aromatic rings. The molecule has 1 amide bonds. The first-order valence-electron chi connectivity index (χ1n) is 6.41. The number of ether oxygens (including phenoxy) is 3. The summed E-state index contributed by atoms with van der Waals surface area (Å²) in [5, 5.41) is 11.0. The fourth-order valence-electron chi connectivity index (χ4n) is 1.46. The largest absolute Gasteiger partial charge is 0.497 e. The Morgan fingerprint density at radius 1 is 1.24 bits per heavy atom. The Labute approximate surface area is 122 Å². The van der Waals surface area contributed by atoms with E-state index in [0.29, 0.717) is 11.5 Å². The third kappa shape index (κ3) is 6.62. The standard InChI is InChI=1S/C14H19NO6/c1-10(14(18)15-7-8-20-9-13(16)17)21-12-5-3-11(19-2)4-6-12/h3-6,10H,7-9H2,1-2H3,(H,15,18)(H,16,17). The number of rotatable bonds is 9. The van der Waals surface area contributed by atoms with Crippen molar-refractivity contribution in [1.82, 2.24) is 5.32 Å². The van der Waals surface area contributed by atoms with Crippen LogP contribution in [0.5, 0.6) is 11.5 Å². The van der Waals surface area contributed by atoms with Crippen LogP contribution in [-0.2, 0) is 14.3 Å². The molecule has 0 spiro atoms. The first-order valence-corrected chi connectivity index (χ1v) is 6.41. The number of carboxylic acids is 1. The Morgan fingerprint density at radius 2 is 1.86 bits per heavy atom. The Balaban J connectivity index is 2.28. The molecule has 0 saturated carbocycles. The zero-order chi connectivity index (χ0) is 15.7. The van der Waals surface area contributed by atoms with Gasteiger partial charge >= 0.3 is 5.97 Å². The summed E-state index contributed by atoms with van der Waals surface area (Å²) in [4.78, 5) is 21.9. The number of hydrogen-bond donors (Lipinski definition) is 2. The minimum Gasteiger partial charge on any atom is -0.497 e. The summed E-state index contributed by atoms with van der Waals surface area (Å²) < 4.78 is 15.3. The highest BCUT2D eigenvalue weighted by atomic mass is 16.5. The molecule has 7 nitrogen and oxygen atoms in total. The normalized spacial score (nSPS) is 11.5. The summed E-state index contributed by atoms with van der Waals surface area (Å²) in [6.07, 6.45) is -0.669. The maximum Gasteiger partial charge on any atom is 0.329 e. The zero-order valence-corrected chi connectivity index (χ0v) is 12.0. The molecule has 0 aliphatic rings. The molecule has 1 unspecified atom stereocenters. The Kier molecular flexibility index (Phi) is 7.03. The van der Waals surface area contributed by atoms with Crippen molar-refractivity contribution < 1.29 is 28.9 Å². The Morgan fingerprint density at radius 3 is 2.43 bits per heavy atom. The van der Waals surface area contributed by atoms with Crippen LogP contribution in [0.1, 0.15) is 6.92 Å². The number of hydrogen-bond acceptors (Lipinski definition) is 5. The van der Waals surface area contributed by atoms with Gasteiger partial charge in [0.1, 0.15) is 18.1 Å². The van der Waals surface area contributed by atoms with Gasteiger partial charge in [-0.05, 0) is 31.2 Å². The number of carbonyl (C=O) groups excluding carboxylic acids is 1. The van der Waals surface area contributed by atoms with E-state index in [1.807, 2.05) is 0 Å². The second kappa shape index (κ2) is 8.80. The summed E-state index contributed by atoms with van der Waals surface area (Å²) in [5.74, 6) is -0.0853. The number of nitrogens with one attached hydrogen (secondary N) is 1. The summed E-state index contributed by atoms with van der Waals surface area (Å²) in [6.45, 7) is 1.60. The third-order valence-corrected chi connectivity index (χ3v) is 2.51. The van der Waals surface area contributed by atoms with Gasteiger partial charge in [-0.2, -0.15) is 0 Å². The van der Waals surface area contributed by atoms with Gasteiger partial charge in [-0.25, -0.2) is 4.79 Å². The lowest BCUT2D eigenvalue weighted by Gasteiger charge is -2.14. The highest BCUT2D eigenvalue weighted by Gasteiger charge is 2.14. The molecule has 0 bridgehead atoms. The smallest absolute Gasteiger partial charge is 0.329 e. The second-order valence-electron chi connectivity index (χ2n) is 4.17. The van der Waals surface area contributed by atoms with Crippen molar-refractivity contribution in [2.75, 3.05) is 26.9 Å². The van der Waals surface area contributed by atoms with Gasteiger partial charge in [-0.15, -0.1) is 0 Å². The molecule has 2 N–H and O–H groups in total. The molecule has 0 fully saturated rings. The van der Waals surface area contributed by atoms with Crippen molar-refractivity contribution in [3.8, 4) is 11.5 Å². The number of carboxylic acid groups (broad SMARTS) is 1. The van der Waals surface area contributed by atoms with Gasteiger partial charge < -0.3 is 24.6 Å². The van der Waals surface area contributed by atoms with Crippen LogP contribution in [0.25, 0.3) is 0 Å². The van der Waals surface area contributed by atoms with Crippen molar-refractivity contribution in [3.63, 3.8) is 0 Å². The van der Waals surface area contributed by atoms with Gasteiger partial charge in [0.05, 0.1) is 13.7 Å². The lowest BCUT2D eigenvalue weighted by molar-refractivity contribution is -0.142. The lowest BCUT2D eigenvalue weighted by atomic mass is 10.3. The maximum atomic E-state index is 11.7. The predicted molar refractivity (Wildman–Crippen MR) is 74.5 cm³/mol. The minimum atomic E-state index is -1.04. The van der Waals surface area contributed by atoms with Gasteiger partial charge in [0.2, 0.25) is 0 Å². The Bertz CT molecular complexity index is 459. The van der Waals surface area contributed by atoms with E-state index in [9.17, 15) is 9.59 Å². The molecule has 21 heavy (non-hydrogen) atoms. The summed E-state index contributed by atoms with van der Waals surface area (Å²) in [6, 6.07) is 6.89. The molecule has 116 valence electrons. The van der Waals surface area contributed by atoms with E-state index in [-0.39, 0.29) is 25.7 Å². The molecule has 0 radical (unpaired) electrons. The average Bonchev–Trinajstić information content (AvgIpc) is 2.47. The van der Waals surface area contributed by atoms with E-state index in [4.69, 9.17) is 19.3 Å². The van der Waals surface area contributed by atoms with Gasteiger partial charge in [0.25, 0.3) is 5.91 Å². The summed E-state index contributed by atoms with van der Waals surface area (Å²) >= 11 is 0. The van der Waals surface area contributed by atoms with Crippen LogP contribution in [0.4, 0.5) is 0 Å². The van der Waals surface area contributed by atoms with Crippen molar-refractivity contribution in [1.29, 1.82) is 0 Å². The maximum absolute atomic E-state index is 11.7. The quantitative estimate of drug-likeness (QED) is 0.651. The molecule has 0 aliphatic heterocycles. The fourth-order valence-corrected chi connectivity index (χ4v) is 1.46. The molecule has 0 heterocycles. The zero-order valence-electron chi connectivity index (χ0n) is 12.0. The highest BCUT2D eigenvalue weighted by Crippen LogP contribution is 2.18. The fraction of sp³-hybridized carbons (Fsp3) is 0.429. The first kappa shape index (κ1) is 16.8. The molecular formula is C14H19NO6. The number of carbonyl (C=O) groups is 2. The van der Waals surface area contributed by atoms with Gasteiger partial charge in [0.15, 0.2) is 6.10 Å². The van der Waals surface area contributed by atoms with Crippen LogP contribution < -0.4 is 14.8 Å². The van der Waals surface area contributed by atoms with Crippen molar-refractivity contribution >= 4 is 11.9 Å². The molecule has 0 aliphatic carbocycles. The average molecular weight is 297 g/mol. The van der Waals surface area contributed by atoms with Crippen molar-refractivity contribution in [2.24, 2.45) is 0 Å². The SMILES string of the molecule is COc1ccc(OC(C)C(=O)NCCOCC(=O)O)cc1. The van der Waals surface area contributed by atoms with E-state index < -0.39 is 12.1 Å². The highest BCUT2D eigenvalue weighted by molar-refractivity contribution is 5.80. The third-order valence-electron chi connectivity index (χ3n) is 2.51. The molecule has 7 heteroatoms. The molecule has 1 aromatic carbocycles. The van der Waals surface area contributed by atoms with Crippen LogP contribution in [0.15, 0.2) is 24.3 Å². The van der Waals surface area contributed by atoms with Crippen LogP contribution in [0.3, 0.4) is 0 Å². The lowest BCUT2D eigenvalue weighted by Crippen LogP contribution is -2.38. The van der Waals surface area contributed by atoms with Crippen LogP contribution in [0, 0.1) is 0 Å². The molecule has 1 atom stereocenters. The second-order valence-corrected chi connectivity index (χ2v) is 4.17. The van der Waals surface area contributed by atoms with E-state index in [0.717, 1.165) is 0 Å². The minimum absolute atomic E-state index is 0.132. The number of amides is 1. The molecule has 0 aromatic heterocycles. The predicted octanol–water partition coefficient (Wildman–Crippen LogP) is 0.680. The van der Waals surface area contributed by atoms with Crippen molar-refractivity contribution in [3.05, 3.63) is 24.3 Å². The first-order chi connectivity index (χ1) is 10.0. The number of methoxy groups -OCH3 is 1. The topological polar surface area (TPSA) is 94.1 Å². The molecule has 1 rings (SSSR count). The van der Waals surface area contributed by atoms with Crippen LogP contribution >= 0.6 is 0 Å². The number of aliphatic carboxylic acids is 1. The van der Waals surface area contributed by atoms with Crippen LogP contribution in [0.2, 0.25) is 0 Å². The van der Waals surface area contributed by atoms with Gasteiger partial charge in [0, 0.05) is 6.54 Å². The van der Waals surface area contributed by atoms with Gasteiger partial charge in [-0.1, -0.05) is 0 Å². The van der Waals surface area contributed by atoms with E-state index in [1.165, 1.54) is 0 Å². The van der Waals surface area contributed by atoms with E-state index >= 15 is 0 Å². The molecule has 0 saturated heterocycles. The van der Waals surface area contributed by atoms with Gasteiger partial charge in [-0.3, -0.25) is 4.79 Å². The van der Waals surface area contributed by atoms with E-state index in [1.54, 1.807) is 38.3 Å². The van der Waals surface area contributed by atoms with E-state index in [2.05, 4.69) is 5.32 Å². The molecular weight excluding hydrogens is 278 g/mol.